The number of rotatable bonds is 5. The number of benzene rings is 1. The van der Waals surface area contributed by atoms with Crippen LogP contribution < -0.4 is 4.74 Å². The summed E-state index contributed by atoms with van der Waals surface area (Å²) in [6, 6.07) is 6.49. The third-order valence-corrected chi connectivity index (χ3v) is 2.26. The van der Waals surface area contributed by atoms with E-state index in [4.69, 9.17) is 9.84 Å². The molecule has 0 fully saturated rings. The standard InChI is InChI=1S/C12H15NO4/c1-3-13(2)12(16)9-5-4-6-10(7-9)17-8-11(14)15/h4-7H,3,8H2,1-2H3,(H,14,15). The third-order valence-electron chi connectivity index (χ3n) is 2.26. The quantitative estimate of drug-likeness (QED) is 0.836. The molecule has 1 aromatic carbocycles. The average molecular weight is 237 g/mol. The molecule has 0 spiro atoms. The monoisotopic (exact) mass is 237 g/mol. The van der Waals surface area contributed by atoms with Crippen LogP contribution in [0.5, 0.6) is 5.75 Å². The molecule has 0 aliphatic rings. The van der Waals surface area contributed by atoms with Crippen LogP contribution >= 0.6 is 0 Å². The van der Waals surface area contributed by atoms with Gasteiger partial charge in [0.1, 0.15) is 5.75 Å². The molecule has 5 nitrogen and oxygen atoms in total. The molecule has 0 unspecified atom stereocenters. The molecule has 0 aliphatic carbocycles. The highest BCUT2D eigenvalue weighted by Gasteiger charge is 2.10. The van der Waals surface area contributed by atoms with Crippen molar-refractivity contribution in [1.82, 2.24) is 4.90 Å². The molecule has 0 saturated carbocycles. The van der Waals surface area contributed by atoms with Crippen molar-refractivity contribution in [3.05, 3.63) is 29.8 Å². The largest absolute Gasteiger partial charge is 0.482 e. The minimum Gasteiger partial charge on any atom is -0.482 e. The van der Waals surface area contributed by atoms with E-state index >= 15 is 0 Å². The SMILES string of the molecule is CCN(C)C(=O)c1cccc(OCC(=O)O)c1. The van der Waals surface area contributed by atoms with E-state index in [9.17, 15) is 9.59 Å². The fourth-order valence-electron chi connectivity index (χ4n) is 1.23. The first-order valence-corrected chi connectivity index (χ1v) is 5.24. The summed E-state index contributed by atoms with van der Waals surface area (Å²) < 4.78 is 5.00. The minimum atomic E-state index is -1.05. The van der Waals surface area contributed by atoms with Crippen molar-refractivity contribution < 1.29 is 19.4 Å². The Labute approximate surface area is 99.6 Å². The number of carboxylic acid groups (broad SMARTS) is 1. The van der Waals surface area contributed by atoms with E-state index in [0.717, 1.165) is 0 Å². The van der Waals surface area contributed by atoms with Crippen molar-refractivity contribution in [2.45, 2.75) is 6.92 Å². The number of amides is 1. The number of carboxylic acids is 1. The molecule has 1 amide bonds. The van der Waals surface area contributed by atoms with E-state index in [1.165, 1.54) is 6.07 Å². The van der Waals surface area contributed by atoms with Gasteiger partial charge < -0.3 is 14.7 Å². The molecule has 0 radical (unpaired) electrons. The predicted octanol–water partition coefficient (Wildman–Crippen LogP) is 1.24. The van der Waals surface area contributed by atoms with Crippen LogP contribution in [0.1, 0.15) is 17.3 Å². The summed E-state index contributed by atoms with van der Waals surface area (Å²) in [7, 11) is 1.70. The molecule has 17 heavy (non-hydrogen) atoms. The summed E-state index contributed by atoms with van der Waals surface area (Å²) in [5.74, 6) is -0.788. The highest BCUT2D eigenvalue weighted by molar-refractivity contribution is 5.94. The molecule has 0 heterocycles. The summed E-state index contributed by atoms with van der Waals surface area (Å²) in [6.45, 7) is 2.07. The molecule has 0 aliphatic heterocycles. The van der Waals surface area contributed by atoms with E-state index in [0.29, 0.717) is 17.9 Å². The fourth-order valence-corrected chi connectivity index (χ4v) is 1.23. The Balaban J connectivity index is 2.78. The van der Waals surface area contributed by atoms with Crippen LogP contribution in [0.15, 0.2) is 24.3 Å². The van der Waals surface area contributed by atoms with Crippen LogP contribution in [0.4, 0.5) is 0 Å². The highest BCUT2D eigenvalue weighted by Crippen LogP contribution is 2.14. The topological polar surface area (TPSA) is 66.8 Å². The van der Waals surface area contributed by atoms with Crippen molar-refractivity contribution in [3.63, 3.8) is 0 Å². The molecular weight excluding hydrogens is 222 g/mol. The van der Waals surface area contributed by atoms with Gasteiger partial charge in [-0.1, -0.05) is 6.07 Å². The molecule has 1 rings (SSSR count). The van der Waals surface area contributed by atoms with Gasteiger partial charge in [0.2, 0.25) is 0 Å². The molecular formula is C12H15NO4. The first-order chi connectivity index (χ1) is 8.04. The number of hydrogen-bond donors (Lipinski definition) is 1. The number of hydrogen-bond acceptors (Lipinski definition) is 3. The van der Waals surface area contributed by atoms with Crippen LogP contribution in [0.25, 0.3) is 0 Å². The Bertz CT molecular complexity index is 417. The lowest BCUT2D eigenvalue weighted by Gasteiger charge is -2.14. The highest BCUT2D eigenvalue weighted by atomic mass is 16.5. The van der Waals surface area contributed by atoms with Crippen molar-refractivity contribution in [2.24, 2.45) is 0 Å². The van der Waals surface area contributed by atoms with Crippen LogP contribution in [-0.4, -0.2) is 42.1 Å². The summed E-state index contributed by atoms with van der Waals surface area (Å²) in [4.78, 5) is 23.7. The number of carbonyl (C=O) groups is 2. The second kappa shape index (κ2) is 5.89. The predicted molar refractivity (Wildman–Crippen MR) is 62.2 cm³/mol. The van der Waals surface area contributed by atoms with Crippen molar-refractivity contribution in [1.29, 1.82) is 0 Å². The number of aliphatic carboxylic acids is 1. The maximum Gasteiger partial charge on any atom is 0.341 e. The van der Waals surface area contributed by atoms with Gasteiger partial charge in [-0.2, -0.15) is 0 Å². The number of ether oxygens (including phenoxy) is 1. The zero-order chi connectivity index (χ0) is 12.8. The lowest BCUT2D eigenvalue weighted by atomic mass is 10.2. The molecule has 0 aromatic heterocycles. The lowest BCUT2D eigenvalue weighted by molar-refractivity contribution is -0.139. The van der Waals surface area contributed by atoms with Crippen LogP contribution in [0.3, 0.4) is 0 Å². The number of carbonyl (C=O) groups excluding carboxylic acids is 1. The molecule has 5 heteroatoms. The van der Waals surface area contributed by atoms with Gasteiger partial charge in [-0.25, -0.2) is 4.79 Å². The second-order valence-corrected chi connectivity index (χ2v) is 3.53. The Morgan fingerprint density at radius 1 is 1.41 bits per heavy atom. The summed E-state index contributed by atoms with van der Waals surface area (Å²) in [5.41, 5.74) is 0.484. The zero-order valence-corrected chi connectivity index (χ0v) is 9.84. The number of nitrogens with zero attached hydrogens (tertiary/aromatic N) is 1. The van der Waals surface area contributed by atoms with Crippen LogP contribution in [-0.2, 0) is 4.79 Å². The van der Waals surface area contributed by atoms with E-state index in [1.807, 2.05) is 6.92 Å². The van der Waals surface area contributed by atoms with E-state index in [1.54, 1.807) is 30.1 Å². The van der Waals surface area contributed by atoms with Crippen molar-refractivity contribution >= 4 is 11.9 Å². The van der Waals surface area contributed by atoms with E-state index in [2.05, 4.69) is 0 Å². The Kier molecular flexibility index (Phi) is 4.51. The third kappa shape index (κ3) is 3.79. The fraction of sp³-hybridized carbons (Fsp3) is 0.333. The van der Waals surface area contributed by atoms with Crippen LogP contribution in [0, 0.1) is 0 Å². The summed E-state index contributed by atoms with van der Waals surface area (Å²) >= 11 is 0. The molecule has 0 bridgehead atoms. The Hall–Kier alpha value is -2.04. The smallest absolute Gasteiger partial charge is 0.341 e. The summed E-state index contributed by atoms with van der Waals surface area (Å²) in [5, 5.41) is 8.48. The average Bonchev–Trinajstić information content (AvgIpc) is 2.34. The van der Waals surface area contributed by atoms with Crippen molar-refractivity contribution in [3.8, 4) is 5.75 Å². The van der Waals surface area contributed by atoms with Gasteiger partial charge in [0.05, 0.1) is 0 Å². The summed E-state index contributed by atoms with van der Waals surface area (Å²) in [6.07, 6.45) is 0. The lowest BCUT2D eigenvalue weighted by Crippen LogP contribution is -2.26. The maximum atomic E-state index is 11.8. The van der Waals surface area contributed by atoms with E-state index in [-0.39, 0.29) is 5.91 Å². The molecule has 1 N–H and O–H groups in total. The molecule has 1 aromatic rings. The van der Waals surface area contributed by atoms with Crippen molar-refractivity contribution in [2.75, 3.05) is 20.2 Å². The zero-order valence-electron chi connectivity index (χ0n) is 9.84. The van der Waals surface area contributed by atoms with Gasteiger partial charge in [0.25, 0.3) is 5.91 Å². The Morgan fingerprint density at radius 3 is 2.71 bits per heavy atom. The van der Waals surface area contributed by atoms with E-state index < -0.39 is 12.6 Å². The van der Waals surface area contributed by atoms with Gasteiger partial charge in [0, 0.05) is 19.2 Å². The van der Waals surface area contributed by atoms with Crippen LogP contribution in [0.2, 0.25) is 0 Å². The second-order valence-electron chi connectivity index (χ2n) is 3.53. The minimum absolute atomic E-state index is 0.117. The Morgan fingerprint density at radius 2 is 2.12 bits per heavy atom. The van der Waals surface area contributed by atoms with Gasteiger partial charge in [-0.15, -0.1) is 0 Å². The maximum absolute atomic E-state index is 11.8. The van der Waals surface area contributed by atoms with Gasteiger partial charge in [-0.05, 0) is 25.1 Å². The molecule has 0 saturated heterocycles. The van der Waals surface area contributed by atoms with Gasteiger partial charge in [0.15, 0.2) is 6.61 Å². The normalized spacial score (nSPS) is 9.76. The first-order valence-electron chi connectivity index (χ1n) is 5.24. The molecule has 92 valence electrons. The first kappa shape index (κ1) is 13.0. The van der Waals surface area contributed by atoms with Gasteiger partial charge >= 0.3 is 5.97 Å². The van der Waals surface area contributed by atoms with Gasteiger partial charge in [-0.3, -0.25) is 4.79 Å². The molecule has 0 atom stereocenters.